The zero-order chi connectivity index (χ0) is 21.7. The van der Waals surface area contributed by atoms with Crippen molar-refractivity contribution in [2.45, 2.75) is 26.4 Å². The maximum Gasteiger partial charge on any atom is 0.253 e. The summed E-state index contributed by atoms with van der Waals surface area (Å²) < 4.78 is 13.2. The molecule has 1 amide bonds. The first-order valence-electron chi connectivity index (χ1n) is 10.3. The molecule has 0 aliphatic rings. The van der Waals surface area contributed by atoms with E-state index < -0.39 is 0 Å². The lowest BCUT2D eigenvalue weighted by Gasteiger charge is -2.17. The van der Waals surface area contributed by atoms with E-state index >= 15 is 0 Å². The highest BCUT2D eigenvalue weighted by Crippen LogP contribution is 2.30. The quantitative estimate of drug-likeness (QED) is 0.578. The minimum absolute atomic E-state index is 0.0878. The summed E-state index contributed by atoms with van der Waals surface area (Å²) in [6.07, 6.45) is 1.95. The van der Waals surface area contributed by atoms with Crippen molar-refractivity contribution >= 4 is 16.8 Å². The predicted molar refractivity (Wildman–Crippen MR) is 121 cm³/mol. The third-order valence-corrected chi connectivity index (χ3v) is 5.16. The Morgan fingerprint density at radius 1 is 1.17 bits per heavy atom. The molecule has 1 atom stereocenters. The molecule has 3 rings (SSSR count). The van der Waals surface area contributed by atoms with E-state index in [-0.39, 0.29) is 11.9 Å². The molecule has 6 nitrogen and oxygen atoms in total. The summed E-state index contributed by atoms with van der Waals surface area (Å²) in [7, 11) is 5.71. The van der Waals surface area contributed by atoms with Crippen molar-refractivity contribution in [2.75, 3.05) is 34.4 Å². The predicted octanol–water partition coefficient (Wildman–Crippen LogP) is 4.10. The molecule has 6 heteroatoms. The second kappa shape index (κ2) is 9.67. The van der Waals surface area contributed by atoms with E-state index in [0.717, 1.165) is 29.6 Å². The number of hydrogen-bond acceptors (Lipinski definition) is 4. The van der Waals surface area contributed by atoms with Crippen LogP contribution in [0.25, 0.3) is 10.9 Å². The summed E-state index contributed by atoms with van der Waals surface area (Å²) in [5.74, 6) is 1.28. The molecule has 0 bridgehead atoms. The van der Waals surface area contributed by atoms with E-state index in [1.54, 1.807) is 7.11 Å². The van der Waals surface area contributed by atoms with Crippen molar-refractivity contribution in [3.05, 3.63) is 59.8 Å². The van der Waals surface area contributed by atoms with Gasteiger partial charge in [0, 0.05) is 30.2 Å². The molecule has 1 aromatic heterocycles. The number of hydrogen-bond donors (Lipinski definition) is 1. The van der Waals surface area contributed by atoms with Gasteiger partial charge in [0.25, 0.3) is 5.91 Å². The largest absolute Gasteiger partial charge is 0.493 e. The number of nitrogens with one attached hydrogen (secondary N) is 1. The van der Waals surface area contributed by atoms with Gasteiger partial charge >= 0.3 is 0 Å². The normalized spacial score (nSPS) is 12.2. The van der Waals surface area contributed by atoms with E-state index in [4.69, 9.17) is 9.47 Å². The van der Waals surface area contributed by atoms with Crippen LogP contribution in [0, 0.1) is 0 Å². The molecule has 0 radical (unpaired) electrons. The second-order valence-electron chi connectivity index (χ2n) is 7.60. The molecule has 0 unspecified atom stereocenters. The summed E-state index contributed by atoms with van der Waals surface area (Å²) in [5, 5.41) is 4.09. The van der Waals surface area contributed by atoms with E-state index in [1.807, 2.05) is 70.5 Å². The van der Waals surface area contributed by atoms with Gasteiger partial charge in [-0.3, -0.25) is 4.79 Å². The van der Waals surface area contributed by atoms with Crippen molar-refractivity contribution in [1.29, 1.82) is 0 Å². The molecular formula is C24H31N3O3. The molecule has 0 aliphatic heterocycles. The molecule has 0 spiro atoms. The molecule has 0 saturated carbocycles. The number of aromatic nitrogens is 1. The highest BCUT2D eigenvalue weighted by Gasteiger charge is 2.18. The third-order valence-electron chi connectivity index (χ3n) is 5.16. The number of nitrogens with zero attached hydrogens (tertiary/aromatic N) is 2. The van der Waals surface area contributed by atoms with E-state index in [2.05, 4.69) is 20.9 Å². The molecule has 1 heterocycles. The van der Waals surface area contributed by atoms with Crippen LogP contribution in [0.1, 0.15) is 35.8 Å². The lowest BCUT2D eigenvalue weighted by atomic mass is 10.1. The van der Waals surface area contributed by atoms with Gasteiger partial charge in [-0.05, 0) is 51.7 Å². The number of ether oxygens (including phenoxy) is 2. The van der Waals surface area contributed by atoms with Gasteiger partial charge in [0.05, 0.1) is 25.3 Å². The number of methoxy groups -OCH3 is 1. The van der Waals surface area contributed by atoms with Crippen molar-refractivity contribution in [1.82, 2.24) is 14.8 Å². The molecule has 3 aromatic rings. The van der Waals surface area contributed by atoms with Gasteiger partial charge in [0.15, 0.2) is 11.5 Å². The number of benzene rings is 2. The maximum atomic E-state index is 13.1. The smallest absolute Gasteiger partial charge is 0.253 e. The Balaban J connectivity index is 1.83. The minimum atomic E-state index is -0.175. The fourth-order valence-corrected chi connectivity index (χ4v) is 3.51. The SMILES string of the molecule is CCOc1ccc([C@@H](C)NC(=O)c2cn(CCN(C)C)c3ccccc23)cc1OC. The van der Waals surface area contributed by atoms with Gasteiger partial charge in [0.2, 0.25) is 0 Å². The van der Waals surface area contributed by atoms with Crippen LogP contribution in [0.15, 0.2) is 48.7 Å². The first kappa shape index (κ1) is 21.7. The van der Waals surface area contributed by atoms with E-state index in [9.17, 15) is 4.79 Å². The second-order valence-corrected chi connectivity index (χ2v) is 7.60. The monoisotopic (exact) mass is 409 g/mol. The number of amides is 1. The molecule has 160 valence electrons. The van der Waals surface area contributed by atoms with Crippen LogP contribution in [0.4, 0.5) is 0 Å². The van der Waals surface area contributed by atoms with Gasteiger partial charge in [0.1, 0.15) is 0 Å². The Hall–Kier alpha value is -2.99. The van der Waals surface area contributed by atoms with Crippen LogP contribution in [0.5, 0.6) is 11.5 Å². The zero-order valence-electron chi connectivity index (χ0n) is 18.4. The Morgan fingerprint density at radius 3 is 2.63 bits per heavy atom. The molecule has 2 aromatic carbocycles. The average molecular weight is 410 g/mol. The highest BCUT2D eigenvalue weighted by molar-refractivity contribution is 6.07. The minimum Gasteiger partial charge on any atom is -0.493 e. The van der Waals surface area contributed by atoms with Gasteiger partial charge in [-0.15, -0.1) is 0 Å². The Morgan fingerprint density at radius 2 is 1.93 bits per heavy atom. The summed E-state index contributed by atoms with van der Waals surface area (Å²) in [5.41, 5.74) is 2.72. The van der Waals surface area contributed by atoms with Crippen molar-refractivity contribution in [3.8, 4) is 11.5 Å². The van der Waals surface area contributed by atoms with Gasteiger partial charge < -0.3 is 24.3 Å². The summed E-state index contributed by atoms with van der Waals surface area (Å²) >= 11 is 0. The maximum absolute atomic E-state index is 13.1. The van der Waals surface area contributed by atoms with E-state index in [1.165, 1.54) is 0 Å². The Kier molecular flexibility index (Phi) is 7.00. The fraction of sp³-hybridized carbons (Fsp3) is 0.375. The van der Waals surface area contributed by atoms with Crippen LogP contribution < -0.4 is 14.8 Å². The number of likely N-dealkylation sites (N-methyl/N-ethyl adjacent to an activating group) is 1. The van der Waals surface area contributed by atoms with Gasteiger partial charge in [-0.2, -0.15) is 0 Å². The standard InChI is InChI=1S/C24H31N3O3/c1-6-30-22-12-11-18(15-23(22)29-5)17(2)25-24(28)20-16-27(14-13-26(3)4)21-10-8-7-9-19(20)21/h7-12,15-17H,6,13-14H2,1-5H3,(H,25,28)/t17-/m1/s1. The van der Waals surface area contributed by atoms with Gasteiger partial charge in [-0.1, -0.05) is 24.3 Å². The molecule has 1 N–H and O–H groups in total. The van der Waals surface area contributed by atoms with Crippen molar-refractivity contribution in [3.63, 3.8) is 0 Å². The lowest BCUT2D eigenvalue weighted by Crippen LogP contribution is -2.26. The molecule has 0 aliphatic carbocycles. The summed E-state index contributed by atoms with van der Waals surface area (Å²) in [6, 6.07) is 13.6. The molecule has 0 saturated heterocycles. The molecular weight excluding hydrogens is 378 g/mol. The van der Waals surface area contributed by atoms with Crippen molar-refractivity contribution in [2.24, 2.45) is 0 Å². The number of rotatable bonds is 9. The number of fused-ring (bicyclic) bond motifs is 1. The van der Waals surface area contributed by atoms with E-state index in [0.29, 0.717) is 23.7 Å². The van der Waals surface area contributed by atoms with Crippen LogP contribution >= 0.6 is 0 Å². The highest BCUT2D eigenvalue weighted by atomic mass is 16.5. The summed E-state index contributed by atoms with van der Waals surface area (Å²) in [6.45, 7) is 6.21. The number of para-hydroxylation sites is 1. The average Bonchev–Trinajstić information content (AvgIpc) is 3.11. The Labute approximate surface area is 178 Å². The summed E-state index contributed by atoms with van der Waals surface area (Å²) in [4.78, 5) is 15.3. The fourth-order valence-electron chi connectivity index (χ4n) is 3.51. The number of carbonyl (C=O) groups is 1. The lowest BCUT2D eigenvalue weighted by molar-refractivity contribution is 0.0941. The number of carbonyl (C=O) groups excluding carboxylic acids is 1. The zero-order valence-corrected chi connectivity index (χ0v) is 18.4. The van der Waals surface area contributed by atoms with Crippen LogP contribution in [-0.4, -0.2) is 49.7 Å². The first-order valence-corrected chi connectivity index (χ1v) is 10.3. The van der Waals surface area contributed by atoms with Gasteiger partial charge in [-0.25, -0.2) is 0 Å². The topological polar surface area (TPSA) is 55.7 Å². The molecule has 30 heavy (non-hydrogen) atoms. The Bertz CT molecular complexity index is 1010. The van der Waals surface area contributed by atoms with Crippen LogP contribution in [0.3, 0.4) is 0 Å². The third kappa shape index (κ3) is 4.76. The van der Waals surface area contributed by atoms with Crippen LogP contribution in [0.2, 0.25) is 0 Å². The molecule has 0 fully saturated rings. The van der Waals surface area contributed by atoms with Crippen molar-refractivity contribution < 1.29 is 14.3 Å². The van der Waals surface area contributed by atoms with Crippen LogP contribution in [-0.2, 0) is 6.54 Å². The first-order chi connectivity index (χ1) is 14.4.